The van der Waals surface area contributed by atoms with Gasteiger partial charge < -0.3 is 19.1 Å². The molecule has 0 radical (unpaired) electrons. The van der Waals surface area contributed by atoms with Gasteiger partial charge in [0.2, 0.25) is 0 Å². The number of piperidine rings is 1. The van der Waals surface area contributed by atoms with E-state index in [4.69, 9.17) is 14.2 Å². The largest absolute Gasteiger partial charge is 0.491 e. The molecule has 2 aliphatic rings. The van der Waals surface area contributed by atoms with Gasteiger partial charge in [0, 0.05) is 36.6 Å². The number of ketones is 1. The second kappa shape index (κ2) is 13.0. The summed E-state index contributed by atoms with van der Waals surface area (Å²) in [4.78, 5) is 27.0. The number of benzene rings is 3. The third-order valence-electron chi connectivity index (χ3n) is 7.57. The van der Waals surface area contributed by atoms with Crippen LogP contribution in [0, 0.1) is 11.7 Å². The molecular weight excluding hydrogens is 516 g/mol. The van der Waals surface area contributed by atoms with Crippen LogP contribution >= 0.6 is 0 Å². The number of nitrogens with zero attached hydrogens (tertiary/aromatic N) is 1. The molecule has 1 saturated heterocycles. The molecule has 0 spiro atoms. The minimum absolute atomic E-state index is 0.00643. The zero-order chi connectivity index (χ0) is 27.9. The number of rotatable bonds is 10. The maximum atomic E-state index is 13.8. The molecule has 0 aromatic heterocycles. The summed E-state index contributed by atoms with van der Waals surface area (Å²) in [5.41, 5.74) is 3.44. The van der Waals surface area contributed by atoms with Gasteiger partial charge in [-0.2, -0.15) is 0 Å². The Bertz CT molecular complexity index is 1300. The lowest BCUT2D eigenvalue weighted by molar-refractivity contribution is -0.121. The van der Waals surface area contributed by atoms with E-state index in [9.17, 15) is 18.4 Å². The Kier molecular flexibility index (Phi) is 9.06. The third-order valence-corrected chi connectivity index (χ3v) is 7.57. The average molecular weight is 550 g/mol. The smallest absolute Gasteiger partial charge is 0.253 e. The Labute approximate surface area is 232 Å². The molecule has 40 heavy (non-hydrogen) atoms. The van der Waals surface area contributed by atoms with Gasteiger partial charge in [0.1, 0.15) is 37.2 Å². The van der Waals surface area contributed by atoms with Crippen LogP contribution in [0.25, 0.3) is 0 Å². The van der Waals surface area contributed by atoms with Crippen molar-refractivity contribution in [2.24, 2.45) is 5.92 Å². The first-order valence-electron chi connectivity index (χ1n) is 13.7. The number of amides is 1. The quantitative estimate of drug-likeness (QED) is 0.318. The molecule has 1 fully saturated rings. The van der Waals surface area contributed by atoms with Crippen molar-refractivity contribution in [2.45, 2.75) is 25.2 Å². The Hall–Kier alpha value is -3.78. The Morgan fingerprint density at radius 2 is 1.65 bits per heavy atom. The summed E-state index contributed by atoms with van der Waals surface area (Å²) in [6, 6.07) is 19.8. The van der Waals surface area contributed by atoms with Gasteiger partial charge in [0.15, 0.2) is 5.78 Å². The van der Waals surface area contributed by atoms with Crippen LogP contribution in [0.15, 0.2) is 66.7 Å². The first-order chi connectivity index (χ1) is 19.5. The van der Waals surface area contributed by atoms with Crippen molar-refractivity contribution in [3.8, 4) is 11.5 Å². The van der Waals surface area contributed by atoms with Crippen molar-refractivity contribution in [3.63, 3.8) is 0 Å². The predicted molar refractivity (Wildman–Crippen MR) is 146 cm³/mol. The molecule has 3 aromatic carbocycles. The molecular formula is C32H33F2NO5. The second-order valence-electron chi connectivity index (χ2n) is 10.2. The molecule has 0 aliphatic carbocycles. The van der Waals surface area contributed by atoms with Gasteiger partial charge in [-0.15, -0.1) is 0 Å². The topological polar surface area (TPSA) is 65.1 Å². The number of carbonyl (C=O) groups is 2. The van der Waals surface area contributed by atoms with Crippen molar-refractivity contribution in [3.05, 3.63) is 94.8 Å². The van der Waals surface area contributed by atoms with Crippen LogP contribution in [0.4, 0.5) is 8.78 Å². The number of hydrogen-bond donors (Lipinski definition) is 0. The van der Waals surface area contributed by atoms with Crippen molar-refractivity contribution in [1.82, 2.24) is 4.90 Å². The molecule has 2 heterocycles. The van der Waals surface area contributed by atoms with E-state index in [2.05, 4.69) is 0 Å². The molecule has 1 amide bonds. The van der Waals surface area contributed by atoms with Crippen LogP contribution in [0.3, 0.4) is 0 Å². The zero-order valence-electron chi connectivity index (χ0n) is 22.3. The molecule has 2 aliphatic heterocycles. The highest BCUT2D eigenvalue weighted by Crippen LogP contribution is 2.39. The zero-order valence-corrected chi connectivity index (χ0v) is 22.3. The monoisotopic (exact) mass is 549 g/mol. The fourth-order valence-electron chi connectivity index (χ4n) is 5.58. The first-order valence-corrected chi connectivity index (χ1v) is 13.7. The summed E-state index contributed by atoms with van der Waals surface area (Å²) in [5.74, 6) is 1.33. The minimum Gasteiger partial charge on any atom is -0.491 e. The van der Waals surface area contributed by atoms with Gasteiger partial charge in [0.25, 0.3) is 5.91 Å². The van der Waals surface area contributed by atoms with Crippen LogP contribution in [0.1, 0.15) is 45.8 Å². The number of Topliss-reactive ketones (excluding diaryl/α,β-unsaturated/α-hetero) is 1. The summed E-state index contributed by atoms with van der Waals surface area (Å²) in [5, 5.41) is 0. The lowest BCUT2D eigenvalue weighted by Crippen LogP contribution is -2.40. The fourth-order valence-corrected chi connectivity index (χ4v) is 5.58. The molecule has 6 nitrogen and oxygen atoms in total. The van der Waals surface area contributed by atoms with E-state index in [1.54, 1.807) is 18.2 Å². The lowest BCUT2D eigenvalue weighted by atomic mass is 9.76. The van der Waals surface area contributed by atoms with E-state index in [1.807, 2.05) is 41.3 Å². The maximum absolute atomic E-state index is 13.8. The molecule has 210 valence electrons. The summed E-state index contributed by atoms with van der Waals surface area (Å²) < 4.78 is 42.2. The normalized spacial score (nSPS) is 16.2. The van der Waals surface area contributed by atoms with Gasteiger partial charge >= 0.3 is 0 Å². The third kappa shape index (κ3) is 6.67. The number of halogens is 2. The van der Waals surface area contributed by atoms with Crippen LogP contribution in [-0.4, -0.2) is 62.8 Å². The SMILES string of the molecule is O=C1COc2ccc(C(=O)N3CCC([C@@H](c4ccc(F)cc4)c4ccc(OCCOCCF)cc4)CC3)cc2C1. The van der Waals surface area contributed by atoms with Gasteiger partial charge in [-0.1, -0.05) is 24.3 Å². The Morgan fingerprint density at radius 1 is 0.950 bits per heavy atom. The van der Waals surface area contributed by atoms with Gasteiger partial charge in [0.05, 0.1) is 13.2 Å². The molecule has 0 saturated carbocycles. The van der Waals surface area contributed by atoms with Crippen LogP contribution in [-0.2, 0) is 16.0 Å². The standard InChI is InChI=1S/C32H33F2NO5/c33-13-16-38-17-18-39-29-8-3-23(4-9-29)31(22-1-6-27(34)7-2-22)24-11-14-35(15-12-24)32(37)25-5-10-30-26(19-25)20-28(36)21-40-30/h1-10,19,24,31H,11-18,20-21H2/t31-/m0/s1. The summed E-state index contributed by atoms with van der Waals surface area (Å²) in [6.07, 6.45) is 1.88. The Morgan fingerprint density at radius 3 is 2.35 bits per heavy atom. The van der Waals surface area contributed by atoms with E-state index in [0.29, 0.717) is 43.4 Å². The number of fused-ring (bicyclic) bond motifs is 1. The molecule has 1 atom stereocenters. The predicted octanol–water partition coefficient (Wildman–Crippen LogP) is 5.38. The van der Waals surface area contributed by atoms with Crippen molar-refractivity contribution in [1.29, 1.82) is 0 Å². The van der Waals surface area contributed by atoms with Crippen molar-refractivity contribution >= 4 is 11.7 Å². The minimum atomic E-state index is -0.516. The van der Waals surface area contributed by atoms with E-state index in [1.165, 1.54) is 12.1 Å². The fraction of sp³-hybridized carbons (Fsp3) is 0.375. The first kappa shape index (κ1) is 27.8. The number of hydrogen-bond acceptors (Lipinski definition) is 5. The Balaban J connectivity index is 1.26. The highest BCUT2D eigenvalue weighted by molar-refractivity contribution is 5.95. The van der Waals surface area contributed by atoms with Crippen LogP contribution in [0.2, 0.25) is 0 Å². The number of ether oxygens (including phenoxy) is 3. The van der Waals surface area contributed by atoms with E-state index in [0.717, 1.165) is 29.5 Å². The number of carbonyl (C=O) groups excluding carboxylic acids is 2. The van der Waals surface area contributed by atoms with Gasteiger partial charge in [-0.05, 0) is 72.4 Å². The van der Waals surface area contributed by atoms with Crippen molar-refractivity contribution in [2.75, 3.05) is 46.2 Å². The van der Waals surface area contributed by atoms with Crippen molar-refractivity contribution < 1.29 is 32.6 Å². The van der Waals surface area contributed by atoms with E-state index in [-0.39, 0.29) is 49.0 Å². The number of alkyl halides is 1. The second-order valence-corrected chi connectivity index (χ2v) is 10.2. The average Bonchev–Trinajstić information content (AvgIpc) is 2.98. The molecule has 8 heteroatoms. The maximum Gasteiger partial charge on any atom is 0.253 e. The van der Waals surface area contributed by atoms with Crippen LogP contribution in [0.5, 0.6) is 11.5 Å². The summed E-state index contributed by atoms with van der Waals surface area (Å²) >= 11 is 0. The summed E-state index contributed by atoms with van der Waals surface area (Å²) in [7, 11) is 0. The highest BCUT2D eigenvalue weighted by atomic mass is 19.1. The van der Waals surface area contributed by atoms with Gasteiger partial charge in [-0.25, -0.2) is 8.78 Å². The molecule has 5 rings (SSSR count). The van der Waals surface area contributed by atoms with Crippen LogP contribution < -0.4 is 9.47 Å². The molecule has 0 unspecified atom stereocenters. The highest BCUT2D eigenvalue weighted by Gasteiger charge is 2.31. The molecule has 0 N–H and O–H groups in total. The summed E-state index contributed by atoms with van der Waals surface area (Å²) in [6.45, 7) is 1.49. The van der Waals surface area contributed by atoms with Gasteiger partial charge in [-0.3, -0.25) is 9.59 Å². The van der Waals surface area contributed by atoms with E-state index >= 15 is 0 Å². The molecule has 3 aromatic rings. The number of likely N-dealkylation sites (tertiary alicyclic amines) is 1. The lowest BCUT2D eigenvalue weighted by Gasteiger charge is -2.37. The van der Waals surface area contributed by atoms with E-state index < -0.39 is 6.67 Å². The molecule has 0 bridgehead atoms.